The molecule has 1 rings (SSSR count). The van der Waals surface area contributed by atoms with E-state index < -0.39 is 0 Å². The molecule has 0 aromatic heterocycles. The summed E-state index contributed by atoms with van der Waals surface area (Å²) in [7, 11) is 0. The zero-order chi connectivity index (χ0) is 11.1. The van der Waals surface area contributed by atoms with E-state index in [-0.39, 0.29) is 12.5 Å². The Morgan fingerprint density at radius 1 is 1.33 bits per heavy atom. The molecule has 0 aliphatic rings. The molecule has 1 aromatic carbocycles. The summed E-state index contributed by atoms with van der Waals surface area (Å²) in [6, 6.07) is 7.09. The Bertz CT molecular complexity index is 311. The van der Waals surface area contributed by atoms with Gasteiger partial charge in [-0.15, -0.1) is 11.6 Å². The van der Waals surface area contributed by atoms with E-state index in [0.29, 0.717) is 18.7 Å². The Labute approximate surface area is 94.1 Å². The lowest BCUT2D eigenvalue weighted by Crippen LogP contribution is -2.11. The first-order valence-electron chi connectivity index (χ1n) is 4.82. The second-order valence-electron chi connectivity index (χ2n) is 3.20. The van der Waals surface area contributed by atoms with Gasteiger partial charge in [0.15, 0.2) is 0 Å². The SMILES string of the molecule is O=C(CCCCl)Nc1ccc(CO)cc1. The van der Waals surface area contributed by atoms with Gasteiger partial charge in [0.2, 0.25) is 5.91 Å². The second kappa shape index (κ2) is 6.43. The van der Waals surface area contributed by atoms with E-state index in [1.807, 2.05) is 0 Å². The van der Waals surface area contributed by atoms with Crippen LogP contribution in [0.15, 0.2) is 24.3 Å². The maximum atomic E-state index is 11.3. The van der Waals surface area contributed by atoms with Gasteiger partial charge in [-0.05, 0) is 24.1 Å². The summed E-state index contributed by atoms with van der Waals surface area (Å²) in [6.07, 6.45) is 1.12. The fourth-order valence-corrected chi connectivity index (χ4v) is 1.28. The van der Waals surface area contributed by atoms with E-state index in [1.54, 1.807) is 24.3 Å². The van der Waals surface area contributed by atoms with Crippen LogP contribution in [0.5, 0.6) is 0 Å². The lowest BCUT2D eigenvalue weighted by Gasteiger charge is -2.04. The molecular weight excluding hydrogens is 214 g/mol. The van der Waals surface area contributed by atoms with Crippen molar-refractivity contribution in [2.24, 2.45) is 0 Å². The van der Waals surface area contributed by atoms with Gasteiger partial charge < -0.3 is 10.4 Å². The van der Waals surface area contributed by atoms with E-state index in [4.69, 9.17) is 16.7 Å². The average Bonchev–Trinajstić information content (AvgIpc) is 2.27. The number of halogens is 1. The molecule has 3 nitrogen and oxygen atoms in total. The van der Waals surface area contributed by atoms with Crippen LogP contribution in [0.1, 0.15) is 18.4 Å². The van der Waals surface area contributed by atoms with Crippen molar-refractivity contribution in [1.82, 2.24) is 0 Å². The number of amides is 1. The molecule has 0 fully saturated rings. The Hall–Kier alpha value is -1.06. The van der Waals surface area contributed by atoms with Crippen molar-refractivity contribution in [2.45, 2.75) is 19.4 Å². The predicted octanol–water partition coefficient (Wildman–Crippen LogP) is 2.14. The number of alkyl halides is 1. The van der Waals surface area contributed by atoms with Crippen LogP contribution in [0, 0.1) is 0 Å². The highest BCUT2D eigenvalue weighted by Gasteiger charge is 2.01. The minimum atomic E-state index is -0.0348. The number of nitrogens with one attached hydrogen (secondary N) is 1. The average molecular weight is 228 g/mol. The number of aliphatic hydroxyl groups is 1. The third-order valence-corrected chi connectivity index (χ3v) is 2.22. The zero-order valence-electron chi connectivity index (χ0n) is 8.37. The normalized spacial score (nSPS) is 10.0. The standard InChI is InChI=1S/C11H14ClNO2/c12-7-1-2-11(15)13-10-5-3-9(8-14)4-6-10/h3-6,14H,1-2,7-8H2,(H,13,15). The largest absolute Gasteiger partial charge is 0.392 e. The molecule has 0 heterocycles. The van der Waals surface area contributed by atoms with Gasteiger partial charge >= 0.3 is 0 Å². The highest BCUT2D eigenvalue weighted by atomic mass is 35.5. The smallest absolute Gasteiger partial charge is 0.224 e. The van der Waals surface area contributed by atoms with Crippen molar-refractivity contribution in [1.29, 1.82) is 0 Å². The number of hydrogen-bond donors (Lipinski definition) is 2. The van der Waals surface area contributed by atoms with Gasteiger partial charge in [-0.1, -0.05) is 12.1 Å². The van der Waals surface area contributed by atoms with Crippen molar-refractivity contribution >= 4 is 23.2 Å². The summed E-state index contributed by atoms with van der Waals surface area (Å²) in [5.74, 6) is 0.462. The number of aliphatic hydroxyl groups excluding tert-OH is 1. The number of benzene rings is 1. The summed E-state index contributed by atoms with van der Waals surface area (Å²) >= 11 is 5.48. The van der Waals surface area contributed by atoms with Crippen molar-refractivity contribution in [2.75, 3.05) is 11.2 Å². The second-order valence-corrected chi connectivity index (χ2v) is 3.57. The summed E-state index contributed by atoms with van der Waals surface area (Å²) < 4.78 is 0. The molecule has 0 unspecified atom stereocenters. The van der Waals surface area contributed by atoms with Crippen LogP contribution in [0.2, 0.25) is 0 Å². The molecule has 2 N–H and O–H groups in total. The lowest BCUT2D eigenvalue weighted by atomic mass is 10.2. The maximum Gasteiger partial charge on any atom is 0.224 e. The van der Waals surface area contributed by atoms with Gasteiger partial charge in [0.25, 0.3) is 0 Å². The zero-order valence-corrected chi connectivity index (χ0v) is 9.13. The Kier molecular flexibility index (Phi) is 5.15. The van der Waals surface area contributed by atoms with Crippen LogP contribution < -0.4 is 5.32 Å². The van der Waals surface area contributed by atoms with E-state index in [1.165, 1.54) is 0 Å². The molecule has 1 aromatic rings. The third-order valence-electron chi connectivity index (χ3n) is 1.96. The molecule has 0 bridgehead atoms. The Balaban J connectivity index is 2.46. The van der Waals surface area contributed by atoms with Crippen LogP contribution in [0.25, 0.3) is 0 Å². The van der Waals surface area contributed by atoms with Crippen LogP contribution >= 0.6 is 11.6 Å². The van der Waals surface area contributed by atoms with Crippen LogP contribution in [-0.2, 0) is 11.4 Å². The summed E-state index contributed by atoms with van der Waals surface area (Å²) in [6.45, 7) is 0.0144. The van der Waals surface area contributed by atoms with Crippen molar-refractivity contribution in [3.05, 3.63) is 29.8 Å². The fraction of sp³-hybridized carbons (Fsp3) is 0.364. The molecule has 0 saturated carbocycles. The molecule has 0 aliphatic carbocycles. The van der Waals surface area contributed by atoms with E-state index >= 15 is 0 Å². The Morgan fingerprint density at radius 2 is 2.00 bits per heavy atom. The predicted molar refractivity (Wildman–Crippen MR) is 60.9 cm³/mol. The number of hydrogen-bond acceptors (Lipinski definition) is 2. The first-order valence-corrected chi connectivity index (χ1v) is 5.35. The maximum absolute atomic E-state index is 11.3. The minimum Gasteiger partial charge on any atom is -0.392 e. The molecule has 0 aliphatic heterocycles. The lowest BCUT2D eigenvalue weighted by molar-refractivity contribution is -0.116. The topological polar surface area (TPSA) is 49.3 Å². The molecule has 0 saturated heterocycles. The highest BCUT2D eigenvalue weighted by molar-refractivity contribution is 6.18. The van der Waals surface area contributed by atoms with Crippen LogP contribution in [0.4, 0.5) is 5.69 Å². The minimum absolute atomic E-state index is 0.0144. The third kappa shape index (κ3) is 4.32. The number of anilines is 1. The first-order chi connectivity index (χ1) is 7.26. The van der Waals surface area contributed by atoms with Crippen molar-refractivity contribution < 1.29 is 9.90 Å². The van der Waals surface area contributed by atoms with Gasteiger partial charge in [0.1, 0.15) is 0 Å². The fourth-order valence-electron chi connectivity index (χ4n) is 1.14. The molecule has 0 atom stereocenters. The highest BCUT2D eigenvalue weighted by Crippen LogP contribution is 2.10. The van der Waals surface area contributed by atoms with E-state index in [2.05, 4.69) is 5.32 Å². The van der Waals surface area contributed by atoms with Gasteiger partial charge in [0, 0.05) is 18.0 Å². The van der Waals surface area contributed by atoms with Gasteiger partial charge in [-0.2, -0.15) is 0 Å². The summed E-state index contributed by atoms with van der Waals surface area (Å²) in [5.41, 5.74) is 1.57. The van der Waals surface area contributed by atoms with Crippen LogP contribution in [0.3, 0.4) is 0 Å². The summed E-state index contributed by atoms with van der Waals surface area (Å²) in [4.78, 5) is 11.3. The molecular formula is C11H14ClNO2. The van der Waals surface area contributed by atoms with E-state index in [9.17, 15) is 4.79 Å². The quantitative estimate of drug-likeness (QED) is 0.758. The Morgan fingerprint density at radius 3 is 2.53 bits per heavy atom. The summed E-state index contributed by atoms with van der Waals surface area (Å²) in [5, 5.41) is 11.6. The molecule has 4 heteroatoms. The van der Waals surface area contributed by atoms with Gasteiger partial charge in [-0.3, -0.25) is 4.79 Å². The van der Waals surface area contributed by atoms with Crippen molar-refractivity contribution in [3.8, 4) is 0 Å². The molecule has 82 valence electrons. The van der Waals surface area contributed by atoms with Gasteiger partial charge in [0.05, 0.1) is 6.61 Å². The number of carbonyl (C=O) groups is 1. The van der Waals surface area contributed by atoms with Crippen molar-refractivity contribution in [3.63, 3.8) is 0 Å². The molecule has 15 heavy (non-hydrogen) atoms. The number of carbonyl (C=O) groups excluding carboxylic acids is 1. The van der Waals surface area contributed by atoms with Crippen LogP contribution in [-0.4, -0.2) is 16.9 Å². The molecule has 0 spiro atoms. The van der Waals surface area contributed by atoms with Gasteiger partial charge in [-0.25, -0.2) is 0 Å². The molecule has 0 radical (unpaired) electrons. The first kappa shape index (κ1) is 12.0. The van der Waals surface area contributed by atoms with E-state index in [0.717, 1.165) is 11.3 Å². The molecule has 1 amide bonds. The monoisotopic (exact) mass is 227 g/mol. The number of rotatable bonds is 5.